The van der Waals surface area contributed by atoms with Crippen molar-refractivity contribution in [3.8, 4) is 5.75 Å². The average Bonchev–Trinajstić information content (AvgIpc) is 2.86. The van der Waals surface area contributed by atoms with E-state index in [9.17, 15) is 39.6 Å². The monoisotopic (exact) mass is 558 g/mol. The van der Waals surface area contributed by atoms with E-state index in [4.69, 9.17) is 0 Å². The first-order chi connectivity index (χ1) is 19.1. The molecule has 214 valence electrons. The molecule has 0 radical (unpaired) electrons. The quantitative estimate of drug-likeness (QED) is 0.303. The highest BCUT2D eigenvalue weighted by Gasteiger charge is 2.71. The molecule has 4 atom stereocenters. The van der Waals surface area contributed by atoms with Gasteiger partial charge >= 0.3 is 0 Å². The molecule has 41 heavy (non-hydrogen) atoms. The second kappa shape index (κ2) is 9.24. The van der Waals surface area contributed by atoms with Crippen LogP contribution in [0.2, 0.25) is 0 Å². The summed E-state index contributed by atoms with van der Waals surface area (Å²) in [5.41, 5.74) is -5.01. The van der Waals surface area contributed by atoms with E-state index in [-0.39, 0.29) is 53.4 Å². The molecular weight excluding hydrogens is 524 g/mol. The number of phenols is 1. The Morgan fingerprint density at radius 2 is 1.63 bits per heavy atom. The maximum absolute atomic E-state index is 14.1. The number of phenolic OH excluding ortho intramolecular Hbond substituents is 1. The Bertz CT molecular complexity index is 1600. The molecule has 0 fully saturated rings. The number of hydrogen-bond donors (Lipinski definition) is 4. The topological polar surface area (TPSA) is 149 Å². The largest absolute Gasteiger partial charge is 0.511 e. The number of ketones is 4. The third kappa shape index (κ3) is 3.76. The van der Waals surface area contributed by atoms with Crippen molar-refractivity contribution in [2.75, 3.05) is 0 Å². The van der Waals surface area contributed by atoms with E-state index in [1.807, 2.05) is 30.3 Å². The molecule has 2 aromatic carbocycles. The van der Waals surface area contributed by atoms with E-state index in [0.717, 1.165) is 12.5 Å². The first-order valence-corrected chi connectivity index (χ1v) is 13.7. The number of fused-ring (bicyclic) bond motifs is 3. The van der Waals surface area contributed by atoms with Gasteiger partial charge in [-0.05, 0) is 48.9 Å². The maximum atomic E-state index is 14.1. The number of aliphatic hydroxyl groups excluding tert-OH is 2. The summed E-state index contributed by atoms with van der Waals surface area (Å²) in [7, 11) is 0. The Balaban J connectivity index is 1.73. The van der Waals surface area contributed by atoms with Crippen molar-refractivity contribution >= 4 is 23.1 Å². The van der Waals surface area contributed by atoms with Gasteiger partial charge in [0.25, 0.3) is 0 Å². The Hall–Kier alpha value is -4.04. The lowest BCUT2D eigenvalue weighted by Crippen LogP contribution is -2.67. The normalized spacial score (nSPS) is 29.3. The molecule has 0 saturated carbocycles. The number of aromatic hydroxyl groups is 1. The Kier molecular flexibility index (Phi) is 6.42. The standard InChI is InChI=1S/C33H34O8/c1-16(2)25-27(37)23(17(3)34)29(39)33(41)30(40)26-28(38)24-20(14-31(26,4)15-32(25,33)5)19(11-12-21(24)35)22(36)13-18-9-7-6-8-10-18/h6-12,16,25,35,37,40-41H,13-15H2,1-5H3/t25?,31-,32-,33+/m1/s1. The van der Waals surface area contributed by atoms with Crippen LogP contribution in [-0.2, 0) is 22.4 Å². The lowest BCUT2D eigenvalue weighted by Gasteiger charge is -2.59. The number of allylic oxidation sites excluding steroid dienone is 2. The van der Waals surface area contributed by atoms with Gasteiger partial charge < -0.3 is 20.4 Å². The van der Waals surface area contributed by atoms with Crippen LogP contribution in [0.5, 0.6) is 5.75 Å². The zero-order chi connectivity index (χ0) is 30.2. The maximum Gasteiger partial charge on any atom is 0.209 e. The van der Waals surface area contributed by atoms with Crippen LogP contribution in [0.3, 0.4) is 0 Å². The van der Waals surface area contributed by atoms with Crippen LogP contribution in [0.15, 0.2) is 65.1 Å². The van der Waals surface area contributed by atoms with Gasteiger partial charge in [0.1, 0.15) is 22.8 Å². The number of rotatable bonds is 5. The van der Waals surface area contributed by atoms with Gasteiger partial charge in [0, 0.05) is 34.3 Å². The van der Waals surface area contributed by atoms with Crippen molar-refractivity contribution in [1.29, 1.82) is 0 Å². The van der Waals surface area contributed by atoms with Crippen LogP contribution in [0.1, 0.15) is 72.9 Å². The van der Waals surface area contributed by atoms with Crippen molar-refractivity contribution in [3.63, 3.8) is 0 Å². The van der Waals surface area contributed by atoms with Crippen LogP contribution in [0.25, 0.3) is 0 Å². The molecule has 0 amide bonds. The molecule has 0 spiro atoms. The summed E-state index contributed by atoms with van der Waals surface area (Å²) >= 11 is 0. The number of carbonyl (C=O) groups excluding carboxylic acids is 4. The van der Waals surface area contributed by atoms with Crippen molar-refractivity contribution < 1.29 is 39.6 Å². The highest BCUT2D eigenvalue weighted by atomic mass is 16.3. The number of benzene rings is 2. The van der Waals surface area contributed by atoms with Gasteiger partial charge in [-0.25, -0.2) is 0 Å². The lowest BCUT2D eigenvalue weighted by molar-refractivity contribution is -0.171. The molecule has 0 bridgehead atoms. The molecule has 8 heteroatoms. The van der Waals surface area contributed by atoms with Gasteiger partial charge in [-0.3, -0.25) is 19.2 Å². The first kappa shape index (κ1) is 28.5. The summed E-state index contributed by atoms with van der Waals surface area (Å²) in [6.45, 7) is 7.93. The first-order valence-electron chi connectivity index (χ1n) is 13.7. The molecule has 1 unspecified atom stereocenters. The van der Waals surface area contributed by atoms with Crippen molar-refractivity contribution in [2.45, 2.75) is 59.5 Å². The van der Waals surface area contributed by atoms with Gasteiger partial charge in [0.2, 0.25) is 5.78 Å². The summed E-state index contributed by atoms with van der Waals surface area (Å²) in [6.07, 6.45) is 0.0874. The summed E-state index contributed by atoms with van der Waals surface area (Å²) in [4.78, 5) is 53.8. The molecular formula is C33H34O8. The molecule has 3 aliphatic carbocycles. The van der Waals surface area contributed by atoms with Gasteiger partial charge in [-0.15, -0.1) is 0 Å². The number of aliphatic hydroxyl groups is 3. The van der Waals surface area contributed by atoms with Crippen molar-refractivity contribution in [3.05, 3.63) is 87.4 Å². The minimum atomic E-state index is -2.67. The van der Waals surface area contributed by atoms with Crippen LogP contribution in [0.4, 0.5) is 0 Å². The Labute approximate surface area is 238 Å². The predicted octanol–water partition coefficient (Wildman–Crippen LogP) is 4.77. The van der Waals surface area contributed by atoms with E-state index >= 15 is 0 Å². The second-order valence-corrected chi connectivity index (χ2v) is 12.5. The zero-order valence-electron chi connectivity index (χ0n) is 23.7. The second-order valence-electron chi connectivity index (χ2n) is 12.5. The summed E-state index contributed by atoms with van der Waals surface area (Å²) < 4.78 is 0. The third-order valence-electron chi connectivity index (χ3n) is 9.40. The molecule has 8 nitrogen and oxygen atoms in total. The van der Waals surface area contributed by atoms with Gasteiger partial charge in [0.15, 0.2) is 23.0 Å². The predicted molar refractivity (Wildman–Crippen MR) is 150 cm³/mol. The Morgan fingerprint density at radius 1 is 1.00 bits per heavy atom. The van der Waals surface area contributed by atoms with E-state index in [1.54, 1.807) is 27.7 Å². The fourth-order valence-electron chi connectivity index (χ4n) is 7.87. The Morgan fingerprint density at radius 3 is 2.22 bits per heavy atom. The van der Waals surface area contributed by atoms with Crippen molar-refractivity contribution in [1.82, 2.24) is 0 Å². The van der Waals surface area contributed by atoms with Crippen LogP contribution < -0.4 is 0 Å². The number of Topliss-reactive ketones (excluding diaryl/α,β-unsaturated/α-hetero) is 4. The molecule has 0 heterocycles. The smallest absolute Gasteiger partial charge is 0.209 e. The fourth-order valence-corrected chi connectivity index (χ4v) is 7.87. The highest BCUT2D eigenvalue weighted by molar-refractivity contribution is 6.25. The van der Waals surface area contributed by atoms with Gasteiger partial charge in [-0.2, -0.15) is 0 Å². The molecule has 5 rings (SSSR count). The zero-order valence-corrected chi connectivity index (χ0v) is 23.7. The fraction of sp³-hybridized carbons (Fsp3) is 0.394. The van der Waals surface area contributed by atoms with E-state index in [1.165, 1.54) is 12.1 Å². The molecule has 4 N–H and O–H groups in total. The van der Waals surface area contributed by atoms with Gasteiger partial charge in [-0.1, -0.05) is 58.0 Å². The van der Waals surface area contributed by atoms with Crippen LogP contribution in [-0.4, -0.2) is 49.2 Å². The summed E-state index contributed by atoms with van der Waals surface area (Å²) in [5, 5.41) is 45.9. The number of hydrogen-bond acceptors (Lipinski definition) is 8. The summed E-state index contributed by atoms with van der Waals surface area (Å²) in [5.74, 6) is -5.97. The highest BCUT2D eigenvalue weighted by Crippen LogP contribution is 2.65. The van der Waals surface area contributed by atoms with E-state index in [0.29, 0.717) is 5.56 Å². The molecule has 2 aromatic rings. The minimum absolute atomic E-state index is 0.0348. The molecule has 3 aliphatic rings. The average molecular weight is 559 g/mol. The molecule has 0 aromatic heterocycles. The molecule has 0 saturated heterocycles. The van der Waals surface area contributed by atoms with Crippen molar-refractivity contribution in [2.24, 2.45) is 22.7 Å². The van der Waals surface area contributed by atoms with Crippen LogP contribution in [0, 0.1) is 22.7 Å². The van der Waals surface area contributed by atoms with E-state index < -0.39 is 56.8 Å². The van der Waals surface area contributed by atoms with Gasteiger partial charge in [0.05, 0.1) is 5.56 Å². The van der Waals surface area contributed by atoms with E-state index in [2.05, 4.69) is 0 Å². The number of carbonyl (C=O) groups is 4. The van der Waals surface area contributed by atoms with Crippen LogP contribution >= 0.6 is 0 Å². The lowest BCUT2D eigenvalue weighted by atomic mass is 9.44. The summed E-state index contributed by atoms with van der Waals surface area (Å²) in [6, 6.07) is 11.9. The molecule has 0 aliphatic heterocycles. The minimum Gasteiger partial charge on any atom is -0.511 e. The SMILES string of the molecule is CC(=O)C1=C(O)C(C(C)C)[C@@]2(C)C[C@@]3(C)Cc4c(C(=O)Cc5ccccc5)ccc(O)c4C(=O)C3=C(O)[C@@]2(O)C1=O. The third-order valence-corrected chi connectivity index (χ3v) is 9.40.